The van der Waals surface area contributed by atoms with E-state index in [0.29, 0.717) is 32.5 Å². The van der Waals surface area contributed by atoms with Crippen LogP contribution in [-0.2, 0) is 16.8 Å². The Balaban J connectivity index is 1.09. The second-order valence-corrected chi connectivity index (χ2v) is 11.4. The van der Waals surface area contributed by atoms with Crippen LogP contribution in [0.25, 0.3) is 0 Å². The zero-order chi connectivity index (χ0) is 28.0. The van der Waals surface area contributed by atoms with Crippen molar-refractivity contribution in [2.45, 2.75) is 57.0 Å². The molecule has 1 spiro atoms. The maximum absolute atomic E-state index is 13.9. The predicted octanol–water partition coefficient (Wildman–Crippen LogP) is 4.98. The molecule has 210 valence electrons. The SMILES string of the molecule is CCn1cc(N2CC3(C2)C(=O)N(CC2CCC(NC(=O)c4cc(Cl)cnc4C(F)F)CC2)c2ccccc23)cn1. The van der Waals surface area contributed by atoms with Gasteiger partial charge in [0, 0.05) is 50.3 Å². The van der Waals surface area contributed by atoms with E-state index in [1.165, 1.54) is 6.07 Å². The van der Waals surface area contributed by atoms with Crippen LogP contribution < -0.4 is 15.1 Å². The van der Waals surface area contributed by atoms with Crippen molar-refractivity contribution in [1.29, 1.82) is 0 Å². The van der Waals surface area contributed by atoms with Gasteiger partial charge in [-0.15, -0.1) is 0 Å². The molecule has 6 rings (SSSR count). The van der Waals surface area contributed by atoms with E-state index in [1.54, 1.807) is 0 Å². The summed E-state index contributed by atoms with van der Waals surface area (Å²) in [6.07, 6.45) is 5.18. The highest BCUT2D eigenvalue weighted by Crippen LogP contribution is 2.49. The normalized spacial score (nSPS) is 21.6. The van der Waals surface area contributed by atoms with Crippen molar-refractivity contribution in [1.82, 2.24) is 20.1 Å². The molecule has 1 aromatic carbocycles. The van der Waals surface area contributed by atoms with Gasteiger partial charge in [0.05, 0.1) is 22.5 Å². The maximum atomic E-state index is 13.9. The third-order valence-corrected chi connectivity index (χ3v) is 8.76. The van der Waals surface area contributed by atoms with Gasteiger partial charge >= 0.3 is 0 Å². The molecule has 3 aliphatic rings. The number of hydrogen-bond acceptors (Lipinski definition) is 5. The number of aryl methyl sites for hydroxylation is 1. The highest BCUT2D eigenvalue weighted by Gasteiger charge is 2.58. The van der Waals surface area contributed by atoms with Crippen LogP contribution in [-0.4, -0.2) is 52.3 Å². The van der Waals surface area contributed by atoms with Crippen LogP contribution >= 0.6 is 11.6 Å². The third kappa shape index (κ3) is 4.62. The lowest BCUT2D eigenvalue weighted by molar-refractivity contribution is -0.124. The van der Waals surface area contributed by atoms with Crippen LogP contribution in [0.15, 0.2) is 48.9 Å². The van der Waals surface area contributed by atoms with Crippen molar-refractivity contribution in [3.05, 3.63) is 70.8 Å². The number of halogens is 3. The van der Waals surface area contributed by atoms with E-state index in [9.17, 15) is 18.4 Å². The molecule has 1 aliphatic carbocycles. The fraction of sp³-hybridized carbons (Fsp3) is 0.448. The molecule has 1 saturated carbocycles. The van der Waals surface area contributed by atoms with Crippen LogP contribution in [0, 0.1) is 5.92 Å². The van der Waals surface area contributed by atoms with Crippen LogP contribution in [0.1, 0.15) is 60.6 Å². The molecule has 2 aliphatic heterocycles. The largest absolute Gasteiger partial charge is 0.366 e. The Morgan fingerprint density at radius 3 is 2.62 bits per heavy atom. The first kappa shape index (κ1) is 26.7. The quantitative estimate of drug-likeness (QED) is 0.434. The molecule has 2 fully saturated rings. The number of alkyl halides is 2. The third-order valence-electron chi connectivity index (χ3n) is 8.55. The van der Waals surface area contributed by atoms with Gasteiger partial charge in [0.15, 0.2) is 0 Å². The number of benzene rings is 1. The number of para-hydroxylation sites is 1. The molecule has 2 aromatic heterocycles. The van der Waals surface area contributed by atoms with Crippen LogP contribution in [0.4, 0.5) is 20.2 Å². The zero-order valence-corrected chi connectivity index (χ0v) is 23.0. The Kier molecular flexibility index (Phi) is 6.98. The molecular weight excluding hydrogens is 538 g/mol. The van der Waals surface area contributed by atoms with Crippen molar-refractivity contribution in [2.75, 3.05) is 29.4 Å². The fourth-order valence-corrected chi connectivity index (χ4v) is 6.53. The van der Waals surface area contributed by atoms with Gasteiger partial charge in [-0.05, 0) is 56.2 Å². The molecule has 0 unspecified atom stereocenters. The topological polar surface area (TPSA) is 83.4 Å². The molecule has 4 heterocycles. The number of hydrogen-bond donors (Lipinski definition) is 1. The Bertz CT molecular complexity index is 1430. The number of nitrogens with one attached hydrogen (secondary N) is 1. The molecule has 1 N–H and O–H groups in total. The molecular formula is C29H31ClF2N6O2. The smallest absolute Gasteiger partial charge is 0.281 e. The Hall–Kier alpha value is -3.53. The molecule has 11 heteroatoms. The van der Waals surface area contributed by atoms with Crippen molar-refractivity contribution in [2.24, 2.45) is 5.92 Å². The number of carbonyl (C=O) groups is 2. The summed E-state index contributed by atoms with van der Waals surface area (Å²) in [4.78, 5) is 34.5. The lowest BCUT2D eigenvalue weighted by Crippen LogP contribution is -2.64. The number of nitrogens with zero attached hydrogens (tertiary/aromatic N) is 5. The number of rotatable bonds is 7. The summed E-state index contributed by atoms with van der Waals surface area (Å²) in [5.74, 6) is -0.154. The van der Waals surface area contributed by atoms with E-state index in [1.807, 2.05) is 47.1 Å². The number of anilines is 2. The maximum Gasteiger partial charge on any atom is 0.281 e. The Morgan fingerprint density at radius 1 is 1.18 bits per heavy atom. The first-order chi connectivity index (χ1) is 19.3. The van der Waals surface area contributed by atoms with Crippen LogP contribution in [0.3, 0.4) is 0 Å². The summed E-state index contributed by atoms with van der Waals surface area (Å²) in [5.41, 5.74) is 1.81. The van der Waals surface area contributed by atoms with Gasteiger partial charge in [-0.3, -0.25) is 19.3 Å². The fourth-order valence-electron chi connectivity index (χ4n) is 6.38. The number of fused-ring (bicyclic) bond motifs is 2. The van der Waals surface area contributed by atoms with Gasteiger partial charge in [0.2, 0.25) is 5.91 Å². The first-order valence-electron chi connectivity index (χ1n) is 13.7. The van der Waals surface area contributed by atoms with Gasteiger partial charge in [0.25, 0.3) is 12.3 Å². The highest BCUT2D eigenvalue weighted by molar-refractivity contribution is 6.30. The van der Waals surface area contributed by atoms with E-state index >= 15 is 0 Å². The molecule has 0 radical (unpaired) electrons. The van der Waals surface area contributed by atoms with Gasteiger partial charge < -0.3 is 15.1 Å². The molecule has 0 bridgehead atoms. The van der Waals surface area contributed by atoms with Gasteiger partial charge in [0.1, 0.15) is 11.1 Å². The summed E-state index contributed by atoms with van der Waals surface area (Å²) in [5, 5.41) is 7.40. The van der Waals surface area contributed by atoms with E-state index < -0.39 is 23.4 Å². The van der Waals surface area contributed by atoms with Gasteiger partial charge in [-0.25, -0.2) is 8.78 Å². The minimum absolute atomic E-state index is 0.134. The predicted molar refractivity (Wildman–Crippen MR) is 148 cm³/mol. The van der Waals surface area contributed by atoms with Crippen LogP contribution in [0.5, 0.6) is 0 Å². The Labute approximate surface area is 236 Å². The van der Waals surface area contributed by atoms with Crippen molar-refractivity contribution >= 4 is 34.8 Å². The average molecular weight is 569 g/mol. The zero-order valence-electron chi connectivity index (χ0n) is 22.2. The van der Waals surface area contributed by atoms with Crippen molar-refractivity contribution in [3.63, 3.8) is 0 Å². The monoisotopic (exact) mass is 568 g/mol. The first-order valence-corrected chi connectivity index (χ1v) is 14.1. The lowest BCUT2D eigenvalue weighted by Gasteiger charge is -2.47. The molecule has 40 heavy (non-hydrogen) atoms. The second-order valence-electron chi connectivity index (χ2n) is 11.0. The minimum atomic E-state index is -2.87. The van der Waals surface area contributed by atoms with E-state index in [0.717, 1.165) is 42.5 Å². The molecule has 1 saturated heterocycles. The summed E-state index contributed by atoms with van der Waals surface area (Å²) in [6.45, 7) is 4.73. The molecule has 2 amide bonds. The number of carbonyl (C=O) groups excluding carboxylic acids is 2. The molecule has 3 aromatic rings. The van der Waals surface area contributed by atoms with E-state index in [-0.39, 0.29) is 28.5 Å². The van der Waals surface area contributed by atoms with E-state index in [2.05, 4.69) is 26.4 Å². The van der Waals surface area contributed by atoms with Crippen molar-refractivity contribution in [3.8, 4) is 0 Å². The summed E-state index contributed by atoms with van der Waals surface area (Å²) in [7, 11) is 0. The number of pyridine rings is 1. The summed E-state index contributed by atoms with van der Waals surface area (Å²) >= 11 is 5.91. The van der Waals surface area contributed by atoms with Crippen LogP contribution in [0.2, 0.25) is 5.02 Å². The summed E-state index contributed by atoms with van der Waals surface area (Å²) < 4.78 is 28.6. The van der Waals surface area contributed by atoms with Gasteiger partial charge in [-0.1, -0.05) is 29.8 Å². The Morgan fingerprint density at radius 2 is 1.93 bits per heavy atom. The van der Waals surface area contributed by atoms with Gasteiger partial charge in [-0.2, -0.15) is 5.10 Å². The molecule has 8 nitrogen and oxygen atoms in total. The highest BCUT2D eigenvalue weighted by atomic mass is 35.5. The van der Waals surface area contributed by atoms with Crippen molar-refractivity contribution < 1.29 is 18.4 Å². The second kappa shape index (κ2) is 10.5. The average Bonchev–Trinajstić information content (AvgIpc) is 3.49. The van der Waals surface area contributed by atoms with E-state index in [4.69, 9.17) is 11.6 Å². The lowest BCUT2D eigenvalue weighted by atomic mass is 9.74. The summed E-state index contributed by atoms with van der Waals surface area (Å²) in [6, 6.07) is 9.18. The molecule has 0 atom stereocenters. The number of amides is 2. The minimum Gasteiger partial charge on any atom is -0.366 e. The number of aromatic nitrogens is 3. The standard InChI is InChI=1S/C29H31ClF2N6O2/c1-2-37-15-21(13-34-37)36-16-29(17-36)23-5-3-4-6-24(23)38(28(29)40)14-18-7-9-20(10-8-18)35-27(39)22-11-19(30)12-33-25(22)26(31)32/h3-6,11-13,15,18,20,26H,2,7-10,14,16-17H2,1H3,(H,35,39).